The van der Waals surface area contributed by atoms with Crippen molar-refractivity contribution in [3.05, 3.63) is 22.7 Å². The minimum absolute atomic E-state index is 0.885. The molecule has 0 unspecified atom stereocenters. The molecule has 0 saturated carbocycles. The lowest BCUT2D eigenvalue weighted by molar-refractivity contribution is 0.310. The van der Waals surface area contributed by atoms with Gasteiger partial charge in [0.15, 0.2) is 5.13 Å². The molecule has 1 aliphatic carbocycles. The molecule has 0 radical (unpaired) electrons. The molecule has 2 heterocycles. The summed E-state index contributed by atoms with van der Waals surface area (Å²) in [6, 6.07) is 0. The third-order valence-electron chi connectivity index (χ3n) is 4.16. The van der Waals surface area contributed by atoms with Crippen molar-refractivity contribution >= 4 is 16.5 Å². The fraction of sp³-hybridized carbons (Fsp3) is 0.643. The molecule has 1 fully saturated rings. The van der Waals surface area contributed by atoms with Gasteiger partial charge in [0.05, 0.1) is 5.69 Å². The quantitative estimate of drug-likeness (QED) is 0.850. The Morgan fingerprint density at radius 3 is 3.06 bits per heavy atom. The summed E-state index contributed by atoms with van der Waals surface area (Å²) < 4.78 is 0. The first-order valence-electron chi connectivity index (χ1n) is 6.74. The first-order valence-corrected chi connectivity index (χ1v) is 7.62. The molecule has 0 aromatic carbocycles. The van der Waals surface area contributed by atoms with Gasteiger partial charge in [-0.3, -0.25) is 4.90 Å². The van der Waals surface area contributed by atoms with Crippen LogP contribution in [0.3, 0.4) is 0 Å². The molecule has 1 aromatic rings. The maximum atomic E-state index is 4.58. The molecule has 3 rings (SSSR count). The summed E-state index contributed by atoms with van der Waals surface area (Å²) >= 11 is 1.70. The number of fused-ring (bicyclic) bond motifs is 1. The van der Waals surface area contributed by atoms with Crippen LogP contribution in [-0.2, 0) is 6.54 Å². The average Bonchev–Trinajstić information content (AvgIpc) is 2.95. The number of nitrogens with zero attached hydrogens (tertiary/aromatic N) is 2. The lowest BCUT2D eigenvalue weighted by Gasteiger charge is -2.22. The highest BCUT2D eigenvalue weighted by Crippen LogP contribution is 2.36. The molecule has 0 amide bonds. The monoisotopic (exact) mass is 263 g/mol. The van der Waals surface area contributed by atoms with Gasteiger partial charge in [0.2, 0.25) is 0 Å². The number of nitrogens with one attached hydrogen (secondary N) is 1. The molecule has 98 valence electrons. The minimum Gasteiger partial charge on any atom is -0.365 e. The van der Waals surface area contributed by atoms with Gasteiger partial charge in [-0.15, -0.1) is 11.3 Å². The number of thiazole rings is 1. The minimum atomic E-state index is 0.885. The van der Waals surface area contributed by atoms with Crippen LogP contribution >= 0.6 is 11.3 Å². The van der Waals surface area contributed by atoms with Crippen molar-refractivity contribution < 1.29 is 0 Å². The molecule has 2 atom stereocenters. The van der Waals surface area contributed by atoms with Gasteiger partial charge in [-0.1, -0.05) is 11.6 Å². The van der Waals surface area contributed by atoms with Crippen LogP contribution in [0.5, 0.6) is 0 Å². The van der Waals surface area contributed by atoms with E-state index >= 15 is 0 Å². The van der Waals surface area contributed by atoms with E-state index < -0.39 is 0 Å². The molecule has 4 heteroatoms. The molecule has 1 aliphatic heterocycles. The molecule has 18 heavy (non-hydrogen) atoms. The van der Waals surface area contributed by atoms with Gasteiger partial charge < -0.3 is 5.32 Å². The summed E-state index contributed by atoms with van der Waals surface area (Å²) in [5.74, 6) is 1.77. The van der Waals surface area contributed by atoms with E-state index in [1.165, 1.54) is 31.6 Å². The van der Waals surface area contributed by atoms with Crippen molar-refractivity contribution in [1.29, 1.82) is 0 Å². The maximum Gasteiger partial charge on any atom is 0.182 e. The van der Waals surface area contributed by atoms with Gasteiger partial charge in [0.1, 0.15) is 0 Å². The van der Waals surface area contributed by atoms with E-state index in [1.54, 1.807) is 16.9 Å². The predicted molar refractivity (Wildman–Crippen MR) is 76.9 cm³/mol. The lowest BCUT2D eigenvalue weighted by atomic mass is 9.83. The molecular weight excluding hydrogens is 242 g/mol. The van der Waals surface area contributed by atoms with E-state index in [0.29, 0.717) is 0 Å². The van der Waals surface area contributed by atoms with Gasteiger partial charge in [0, 0.05) is 32.1 Å². The zero-order valence-electron chi connectivity index (χ0n) is 11.1. The molecular formula is C14H21N3S. The van der Waals surface area contributed by atoms with Crippen LogP contribution in [0.15, 0.2) is 17.0 Å². The van der Waals surface area contributed by atoms with Crippen LogP contribution in [0.1, 0.15) is 25.5 Å². The summed E-state index contributed by atoms with van der Waals surface area (Å²) in [6.07, 6.45) is 5.03. The normalized spacial score (nSPS) is 28.0. The van der Waals surface area contributed by atoms with E-state index in [9.17, 15) is 0 Å². The fourth-order valence-electron chi connectivity index (χ4n) is 3.24. The Labute approximate surface area is 113 Å². The zero-order valence-corrected chi connectivity index (χ0v) is 12.0. The third-order valence-corrected chi connectivity index (χ3v) is 5.07. The van der Waals surface area contributed by atoms with Crippen molar-refractivity contribution in [2.45, 2.75) is 26.3 Å². The third kappa shape index (κ3) is 2.45. The number of aromatic nitrogens is 1. The second-order valence-electron chi connectivity index (χ2n) is 5.60. The lowest BCUT2D eigenvalue weighted by Crippen LogP contribution is -2.20. The zero-order chi connectivity index (χ0) is 12.5. The van der Waals surface area contributed by atoms with Crippen molar-refractivity contribution in [1.82, 2.24) is 9.88 Å². The van der Waals surface area contributed by atoms with Crippen LogP contribution in [0.4, 0.5) is 5.13 Å². The summed E-state index contributed by atoms with van der Waals surface area (Å²) in [5.41, 5.74) is 2.80. The fourth-order valence-corrected chi connectivity index (χ4v) is 3.90. The summed E-state index contributed by atoms with van der Waals surface area (Å²) in [4.78, 5) is 7.16. The molecule has 2 aliphatic rings. The van der Waals surface area contributed by atoms with Gasteiger partial charge >= 0.3 is 0 Å². The first kappa shape index (κ1) is 12.2. The number of rotatable bonds is 3. The topological polar surface area (TPSA) is 28.2 Å². The summed E-state index contributed by atoms with van der Waals surface area (Å²) in [5, 5.41) is 6.31. The second kappa shape index (κ2) is 5.02. The standard InChI is InChI=1S/C14H21N3S/c1-10-3-4-11-6-17(7-12(11)5-10)8-13-9-18-14(15-2)16-13/h3,9,11-12H,4-8H2,1-2H3,(H,15,16)/t11-,12+/m1/s1. The van der Waals surface area contributed by atoms with Crippen LogP contribution in [-0.4, -0.2) is 30.0 Å². The highest BCUT2D eigenvalue weighted by atomic mass is 32.1. The first-order chi connectivity index (χ1) is 8.74. The Bertz CT molecular complexity index is 452. The van der Waals surface area contributed by atoms with Gasteiger partial charge in [-0.05, 0) is 31.6 Å². The SMILES string of the molecule is CNc1nc(CN2C[C@H]3CC=C(C)C[C@H]3C2)cs1. The van der Waals surface area contributed by atoms with Crippen molar-refractivity contribution in [3.8, 4) is 0 Å². The van der Waals surface area contributed by atoms with Crippen LogP contribution in [0.25, 0.3) is 0 Å². The smallest absolute Gasteiger partial charge is 0.182 e. The molecule has 1 N–H and O–H groups in total. The summed E-state index contributed by atoms with van der Waals surface area (Å²) in [6.45, 7) is 5.80. The van der Waals surface area contributed by atoms with Gasteiger partial charge in [0.25, 0.3) is 0 Å². The van der Waals surface area contributed by atoms with E-state index in [-0.39, 0.29) is 0 Å². The number of hydrogen-bond acceptors (Lipinski definition) is 4. The van der Waals surface area contributed by atoms with E-state index in [4.69, 9.17) is 0 Å². The molecule has 3 nitrogen and oxygen atoms in total. The number of anilines is 1. The molecule has 0 spiro atoms. The Kier molecular flexibility index (Phi) is 3.39. The van der Waals surface area contributed by atoms with Crippen molar-refractivity contribution in [3.63, 3.8) is 0 Å². The van der Waals surface area contributed by atoms with Crippen LogP contribution < -0.4 is 5.32 Å². The van der Waals surface area contributed by atoms with E-state index in [1.807, 2.05) is 7.05 Å². The van der Waals surface area contributed by atoms with Crippen LogP contribution in [0.2, 0.25) is 0 Å². The maximum absolute atomic E-state index is 4.58. The van der Waals surface area contributed by atoms with E-state index in [0.717, 1.165) is 23.5 Å². The van der Waals surface area contributed by atoms with Crippen molar-refractivity contribution in [2.75, 3.05) is 25.5 Å². The number of hydrogen-bond donors (Lipinski definition) is 1. The predicted octanol–water partition coefficient (Wildman–Crippen LogP) is 2.97. The Morgan fingerprint density at radius 2 is 2.28 bits per heavy atom. The van der Waals surface area contributed by atoms with Crippen molar-refractivity contribution in [2.24, 2.45) is 11.8 Å². The number of allylic oxidation sites excluding steroid dienone is 2. The van der Waals surface area contributed by atoms with E-state index in [2.05, 4.69) is 33.6 Å². The van der Waals surface area contributed by atoms with Gasteiger partial charge in [-0.2, -0.15) is 0 Å². The highest BCUT2D eigenvalue weighted by Gasteiger charge is 2.34. The number of likely N-dealkylation sites (tertiary alicyclic amines) is 1. The second-order valence-corrected chi connectivity index (χ2v) is 6.46. The highest BCUT2D eigenvalue weighted by molar-refractivity contribution is 7.13. The molecule has 0 bridgehead atoms. The molecule has 1 aromatic heterocycles. The Hall–Kier alpha value is -0.870. The molecule has 1 saturated heterocycles. The van der Waals surface area contributed by atoms with Gasteiger partial charge in [-0.25, -0.2) is 4.98 Å². The Balaban J connectivity index is 1.60. The largest absolute Gasteiger partial charge is 0.365 e. The average molecular weight is 263 g/mol. The Morgan fingerprint density at radius 1 is 1.44 bits per heavy atom. The van der Waals surface area contributed by atoms with Crippen LogP contribution in [0, 0.1) is 11.8 Å². The summed E-state index contributed by atoms with van der Waals surface area (Å²) in [7, 11) is 1.93.